The summed E-state index contributed by atoms with van der Waals surface area (Å²) >= 11 is 5.94. The average Bonchev–Trinajstić information content (AvgIpc) is 2.34. The summed E-state index contributed by atoms with van der Waals surface area (Å²) in [5.41, 5.74) is 1.06. The lowest BCUT2D eigenvalue weighted by molar-refractivity contribution is -0.131. The van der Waals surface area contributed by atoms with E-state index in [4.69, 9.17) is 16.7 Å². The van der Waals surface area contributed by atoms with Gasteiger partial charge in [-0.3, -0.25) is 9.59 Å². The second-order valence-corrected chi connectivity index (χ2v) is 4.05. The molecule has 0 bridgehead atoms. The third kappa shape index (κ3) is 3.28. The summed E-state index contributed by atoms with van der Waals surface area (Å²) in [5, 5.41) is 7.70. The molecule has 1 N–H and O–H groups in total. The van der Waals surface area contributed by atoms with Crippen LogP contribution in [0.4, 0.5) is 0 Å². The van der Waals surface area contributed by atoms with E-state index in [-0.39, 0.29) is 11.3 Å². The summed E-state index contributed by atoms with van der Waals surface area (Å²) in [6.07, 6.45) is 2.75. The highest BCUT2D eigenvalue weighted by Gasteiger charge is 2.17. The van der Waals surface area contributed by atoms with Crippen LogP contribution in [-0.4, -0.2) is 23.1 Å². The van der Waals surface area contributed by atoms with E-state index in [1.54, 1.807) is 12.1 Å². The first-order chi connectivity index (χ1) is 8.47. The molecule has 1 unspecified atom stereocenters. The van der Waals surface area contributed by atoms with E-state index in [2.05, 4.69) is 0 Å². The fourth-order valence-corrected chi connectivity index (χ4v) is 1.68. The van der Waals surface area contributed by atoms with Gasteiger partial charge in [-0.1, -0.05) is 18.2 Å². The Bertz CT molecular complexity index is 520. The van der Waals surface area contributed by atoms with Gasteiger partial charge in [-0.05, 0) is 24.1 Å². The van der Waals surface area contributed by atoms with Crippen molar-refractivity contribution in [2.45, 2.75) is 12.3 Å². The number of halogens is 1. The molecule has 0 aliphatic heterocycles. The molecule has 1 aromatic rings. The smallest absolute Gasteiger partial charge is 0.328 e. The monoisotopic (exact) mass is 266 g/mol. The van der Waals surface area contributed by atoms with E-state index in [0.29, 0.717) is 17.4 Å². The predicted molar refractivity (Wildman–Crippen MR) is 67.8 cm³/mol. The third-order valence-corrected chi connectivity index (χ3v) is 2.87. The molecule has 0 amide bonds. The number of carbonyl (C=O) groups excluding carboxylic acids is 2. The minimum atomic E-state index is -1.14. The van der Waals surface area contributed by atoms with Crippen LogP contribution in [0.5, 0.6) is 0 Å². The van der Waals surface area contributed by atoms with Crippen molar-refractivity contribution in [2.24, 2.45) is 0 Å². The van der Waals surface area contributed by atoms with E-state index in [0.717, 1.165) is 6.08 Å². The number of aldehydes is 1. The Balaban J connectivity index is 3.37. The van der Waals surface area contributed by atoms with E-state index in [1.807, 2.05) is 0 Å². The van der Waals surface area contributed by atoms with Gasteiger partial charge in [0.25, 0.3) is 0 Å². The van der Waals surface area contributed by atoms with Crippen molar-refractivity contribution in [1.82, 2.24) is 0 Å². The molecular weight excluding hydrogens is 256 g/mol. The summed E-state index contributed by atoms with van der Waals surface area (Å²) in [6, 6.07) is 4.71. The Labute approximate surface area is 109 Å². The first-order valence-corrected chi connectivity index (χ1v) is 5.54. The van der Waals surface area contributed by atoms with Crippen LogP contribution in [0.3, 0.4) is 0 Å². The number of Topliss-reactive ketones (excluding diaryl/α,β-unsaturated/α-hetero) is 1. The number of carboxylic acid groups (broad SMARTS) is 1. The second-order valence-electron chi connectivity index (χ2n) is 3.61. The Kier molecular flexibility index (Phi) is 4.80. The number of benzene rings is 1. The molecule has 0 fully saturated rings. The standard InChI is InChI=1S/C13H11ClO4/c1-8(16)13(14)11-4-2-3-9(7-15)10(11)5-6-12(17)18/h2-7,13H,1H3,(H,17,18). The van der Waals surface area contributed by atoms with Gasteiger partial charge in [-0.25, -0.2) is 4.79 Å². The SMILES string of the molecule is CC(=O)C(Cl)c1cccc(C=O)c1C=CC(=O)O. The lowest BCUT2D eigenvalue weighted by Gasteiger charge is -2.11. The number of carbonyl (C=O) groups is 3. The highest BCUT2D eigenvalue weighted by molar-refractivity contribution is 6.31. The predicted octanol–water partition coefficient (Wildman–Crippen LogP) is 2.47. The van der Waals surface area contributed by atoms with Crippen molar-refractivity contribution < 1.29 is 19.5 Å². The maximum absolute atomic E-state index is 11.3. The number of hydrogen-bond acceptors (Lipinski definition) is 3. The van der Waals surface area contributed by atoms with Crippen LogP contribution in [0.2, 0.25) is 0 Å². The maximum atomic E-state index is 11.3. The Morgan fingerprint density at radius 2 is 2.06 bits per heavy atom. The van der Waals surface area contributed by atoms with Crippen LogP contribution in [0.1, 0.15) is 33.8 Å². The molecule has 0 spiro atoms. The number of alkyl halides is 1. The molecule has 94 valence electrons. The quantitative estimate of drug-likeness (QED) is 0.505. The molecule has 0 aliphatic carbocycles. The fraction of sp³-hybridized carbons (Fsp3) is 0.154. The van der Waals surface area contributed by atoms with Crippen molar-refractivity contribution >= 4 is 35.7 Å². The third-order valence-electron chi connectivity index (χ3n) is 2.32. The first kappa shape index (κ1) is 14.1. The Morgan fingerprint density at radius 3 is 2.56 bits per heavy atom. The molecule has 18 heavy (non-hydrogen) atoms. The lowest BCUT2D eigenvalue weighted by Crippen LogP contribution is -2.05. The molecule has 0 aliphatic rings. The van der Waals surface area contributed by atoms with Gasteiger partial charge in [0.2, 0.25) is 0 Å². The molecule has 0 saturated carbocycles. The highest BCUT2D eigenvalue weighted by Crippen LogP contribution is 2.27. The largest absolute Gasteiger partial charge is 0.478 e. The maximum Gasteiger partial charge on any atom is 0.328 e. The van der Waals surface area contributed by atoms with Crippen LogP contribution < -0.4 is 0 Å². The van der Waals surface area contributed by atoms with E-state index < -0.39 is 11.3 Å². The molecule has 0 aromatic heterocycles. The van der Waals surface area contributed by atoms with Gasteiger partial charge in [0.05, 0.1) is 0 Å². The van der Waals surface area contributed by atoms with Crippen LogP contribution in [-0.2, 0) is 9.59 Å². The zero-order valence-electron chi connectivity index (χ0n) is 9.59. The zero-order chi connectivity index (χ0) is 13.7. The first-order valence-electron chi connectivity index (χ1n) is 5.11. The van der Waals surface area contributed by atoms with Crippen molar-refractivity contribution in [3.63, 3.8) is 0 Å². The number of hydrogen-bond donors (Lipinski definition) is 1. The second kappa shape index (κ2) is 6.12. The van der Waals surface area contributed by atoms with Crippen LogP contribution in [0.15, 0.2) is 24.3 Å². The topological polar surface area (TPSA) is 71.4 Å². The summed E-state index contributed by atoms with van der Waals surface area (Å²) < 4.78 is 0. The Hall–Kier alpha value is -1.94. The van der Waals surface area contributed by atoms with Crippen LogP contribution >= 0.6 is 11.6 Å². The number of rotatable bonds is 5. The molecule has 1 rings (SSSR count). The molecule has 1 atom stereocenters. The van der Waals surface area contributed by atoms with Crippen LogP contribution in [0.25, 0.3) is 6.08 Å². The normalized spacial score (nSPS) is 12.3. The number of carboxylic acids is 1. The van der Waals surface area contributed by atoms with Crippen molar-refractivity contribution in [3.8, 4) is 0 Å². The van der Waals surface area contributed by atoms with Gasteiger partial charge in [0.1, 0.15) is 5.38 Å². The molecule has 5 heteroatoms. The zero-order valence-corrected chi connectivity index (χ0v) is 10.3. The molecular formula is C13H11ClO4. The van der Waals surface area contributed by atoms with Gasteiger partial charge in [-0.15, -0.1) is 11.6 Å². The fourth-order valence-electron chi connectivity index (χ4n) is 1.49. The van der Waals surface area contributed by atoms with E-state index in [9.17, 15) is 14.4 Å². The van der Waals surface area contributed by atoms with Crippen LogP contribution in [0, 0.1) is 0 Å². The molecule has 0 saturated heterocycles. The lowest BCUT2D eigenvalue weighted by atomic mass is 9.97. The van der Waals surface area contributed by atoms with Crippen molar-refractivity contribution in [1.29, 1.82) is 0 Å². The van der Waals surface area contributed by atoms with Gasteiger partial charge in [0, 0.05) is 11.6 Å². The molecule has 4 nitrogen and oxygen atoms in total. The average molecular weight is 267 g/mol. The van der Waals surface area contributed by atoms with E-state index >= 15 is 0 Å². The molecule has 1 aromatic carbocycles. The minimum Gasteiger partial charge on any atom is -0.478 e. The van der Waals surface area contributed by atoms with Gasteiger partial charge in [0.15, 0.2) is 12.1 Å². The summed E-state index contributed by atoms with van der Waals surface area (Å²) in [7, 11) is 0. The van der Waals surface area contributed by atoms with Gasteiger partial charge >= 0.3 is 5.97 Å². The van der Waals surface area contributed by atoms with Crippen molar-refractivity contribution in [3.05, 3.63) is 41.0 Å². The van der Waals surface area contributed by atoms with E-state index in [1.165, 1.54) is 19.1 Å². The summed E-state index contributed by atoms with van der Waals surface area (Å²) in [5.74, 6) is -1.42. The number of aliphatic carboxylic acids is 1. The summed E-state index contributed by atoms with van der Waals surface area (Å²) in [6.45, 7) is 1.33. The molecule has 0 heterocycles. The van der Waals surface area contributed by atoms with Crippen molar-refractivity contribution in [2.75, 3.05) is 0 Å². The summed E-state index contributed by atoms with van der Waals surface area (Å²) in [4.78, 5) is 32.7. The Morgan fingerprint density at radius 1 is 1.39 bits per heavy atom. The highest BCUT2D eigenvalue weighted by atomic mass is 35.5. The minimum absolute atomic E-state index is 0.273. The number of ketones is 1. The van der Waals surface area contributed by atoms with Gasteiger partial charge < -0.3 is 5.11 Å². The molecule has 0 radical (unpaired) electrons. The van der Waals surface area contributed by atoms with Gasteiger partial charge in [-0.2, -0.15) is 0 Å².